The first-order valence-corrected chi connectivity index (χ1v) is 8.89. The molecule has 2 aromatic carbocycles. The van der Waals surface area contributed by atoms with Crippen LogP contribution in [-0.2, 0) is 4.74 Å². The number of nitrogens with zero attached hydrogens (tertiary/aromatic N) is 1. The Labute approximate surface area is 158 Å². The number of carbonyl (C=O) groups is 1. The van der Waals surface area contributed by atoms with Crippen LogP contribution >= 0.6 is 11.3 Å². The Hall–Kier alpha value is -2.84. The average Bonchev–Trinajstić information content (AvgIpc) is 3.14. The summed E-state index contributed by atoms with van der Waals surface area (Å²) < 4.78 is 37.9. The number of thiazole rings is 1. The van der Waals surface area contributed by atoms with Crippen LogP contribution in [0.15, 0.2) is 47.8 Å². The summed E-state index contributed by atoms with van der Waals surface area (Å²) in [5.41, 5.74) is 0.710. The fourth-order valence-corrected chi connectivity index (χ4v) is 3.09. The van der Waals surface area contributed by atoms with E-state index in [1.165, 1.54) is 30.7 Å². The van der Waals surface area contributed by atoms with Crippen molar-refractivity contribution in [1.82, 2.24) is 4.98 Å². The summed E-state index contributed by atoms with van der Waals surface area (Å²) in [6.07, 6.45) is 0. The SMILES string of the molecule is COCCOc1ccc(NC(=O)c2csc(-c3ccccc3F)n2)cc1F. The van der Waals surface area contributed by atoms with Gasteiger partial charge in [0.2, 0.25) is 0 Å². The molecule has 3 rings (SSSR count). The van der Waals surface area contributed by atoms with E-state index in [4.69, 9.17) is 9.47 Å². The van der Waals surface area contributed by atoms with Gasteiger partial charge in [-0.2, -0.15) is 0 Å². The molecule has 3 aromatic rings. The fourth-order valence-electron chi connectivity index (χ4n) is 2.26. The van der Waals surface area contributed by atoms with Crippen LogP contribution in [0.4, 0.5) is 14.5 Å². The molecule has 1 heterocycles. The zero-order chi connectivity index (χ0) is 19.2. The first-order valence-electron chi connectivity index (χ1n) is 8.01. The molecule has 0 saturated heterocycles. The molecule has 0 unspecified atom stereocenters. The first kappa shape index (κ1) is 18.9. The third-order valence-corrected chi connectivity index (χ3v) is 4.45. The molecule has 8 heteroatoms. The smallest absolute Gasteiger partial charge is 0.275 e. The van der Waals surface area contributed by atoms with E-state index in [-0.39, 0.29) is 23.7 Å². The van der Waals surface area contributed by atoms with Crippen molar-refractivity contribution in [3.8, 4) is 16.3 Å². The fraction of sp³-hybridized carbons (Fsp3) is 0.158. The number of aromatic nitrogens is 1. The molecule has 0 bridgehead atoms. The zero-order valence-electron chi connectivity index (χ0n) is 14.4. The molecular weight excluding hydrogens is 374 g/mol. The van der Waals surface area contributed by atoms with E-state index in [1.54, 1.807) is 18.2 Å². The van der Waals surface area contributed by atoms with Crippen molar-refractivity contribution in [3.05, 3.63) is 65.2 Å². The second-order valence-electron chi connectivity index (χ2n) is 5.46. The number of ether oxygens (including phenoxy) is 2. The second-order valence-corrected chi connectivity index (χ2v) is 6.32. The Kier molecular flexibility index (Phi) is 6.10. The molecule has 5 nitrogen and oxygen atoms in total. The van der Waals surface area contributed by atoms with Crippen LogP contribution in [0.1, 0.15) is 10.5 Å². The maximum Gasteiger partial charge on any atom is 0.275 e. The molecule has 0 saturated carbocycles. The normalized spacial score (nSPS) is 10.6. The lowest BCUT2D eigenvalue weighted by atomic mass is 10.2. The summed E-state index contributed by atoms with van der Waals surface area (Å²) in [7, 11) is 1.52. The van der Waals surface area contributed by atoms with Gasteiger partial charge in [0, 0.05) is 29.8 Å². The van der Waals surface area contributed by atoms with Crippen molar-refractivity contribution in [2.75, 3.05) is 25.6 Å². The molecule has 1 aromatic heterocycles. The van der Waals surface area contributed by atoms with E-state index < -0.39 is 17.5 Å². The molecular formula is C19H16F2N2O3S. The van der Waals surface area contributed by atoms with Crippen LogP contribution in [-0.4, -0.2) is 31.2 Å². The van der Waals surface area contributed by atoms with Crippen molar-refractivity contribution >= 4 is 22.9 Å². The maximum atomic E-state index is 14.0. The highest BCUT2D eigenvalue weighted by molar-refractivity contribution is 7.13. The minimum Gasteiger partial charge on any atom is -0.488 e. The predicted molar refractivity (Wildman–Crippen MR) is 99.2 cm³/mol. The first-order chi connectivity index (χ1) is 13.1. The molecule has 0 aliphatic carbocycles. The molecule has 27 heavy (non-hydrogen) atoms. The molecule has 0 fully saturated rings. The van der Waals surface area contributed by atoms with Gasteiger partial charge >= 0.3 is 0 Å². The highest BCUT2D eigenvalue weighted by atomic mass is 32.1. The van der Waals surface area contributed by atoms with Crippen LogP contribution in [0.2, 0.25) is 0 Å². The van der Waals surface area contributed by atoms with E-state index >= 15 is 0 Å². The number of hydrogen-bond acceptors (Lipinski definition) is 5. The molecule has 0 aliphatic rings. The minimum absolute atomic E-state index is 0.0700. The molecule has 1 amide bonds. The summed E-state index contributed by atoms with van der Waals surface area (Å²) in [6.45, 7) is 0.558. The number of halogens is 2. The van der Waals surface area contributed by atoms with Crippen LogP contribution in [0.5, 0.6) is 5.75 Å². The molecule has 0 atom stereocenters. The van der Waals surface area contributed by atoms with E-state index in [9.17, 15) is 13.6 Å². The van der Waals surface area contributed by atoms with E-state index in [1.807, 2.05) is 0 Å². The van der Waals surface area contributed by atoms with Gasteiger partial charge in [0.15, 0.2) is 11.6 Å². The van der Waals surface area contributed by atoms with Crippen molar-refractivity contribution in [3.63, 3.8) is 0 Å². The van der Waals surface area contributed by atoms with Crippen molar-refractivity contribution in [2.45, 2.75) is 0 Å². The number of hydrogen-bond donors (Lipinski definition) is 1. The van der Waals surface area contributed by atoms with Gasteiger partial charge in [0.05, 0.1) is 6.61 Å². The zero-order valence-corrected chi connectivity index (χ0v) is 15.2. The van der Waals surface area contributed by atoms with E-state index in [0.717, 1.165) is 17.4 Å². The largest absolute Gasteiger partial charge is 0.488 e. The lowest BCUT2D eigenvalue weighted by molar-refractivity contribution is 0.102. The molecule has 140 valence electrons. The summed E-state index contributed by atoms with van der Waals surface area (Å²) in [5, 5.41) is 4.48. The van der Waals surface area contributed by atoms with Crippen molar-refractivity contribution in [1.29, 1.82) is 0 Å². The quantitative estimate of drug-likeness (QED) is 0.609. The average molecular weight is 390 g/mol. The van der Waals surface area contributed by atoms with Gasteiger partial charge in [0.1, 0.15) is 23.1 Å². The standard InChI is InChI=1S/C19H16F2N2O3S/c1-25-8-9-26-17-7-6-12(10-15(17)21)22-18(24)16-11-27-19(23-16)13-4-2-3-5-14(13)20/h2-7,10-11H,8-9H2,1H3,(H,22,24). The predicted octanol–water partition coefficient (Wildman–Crippen LogP) is 4.37. The maximum absolute atomic E-state index is 14.0. The summed E-state index contributed by atoms with van der Waals surface area (Å²) >= 11 is 1.15. The Balaban J connectivity index is 1.69. The number of amides is 1. The third-order valence-electron chi connectivity index (χ3n) is 3.58. The van der Waals surface area contributed by atoms with Crippen LogP contribution < -0.4 is 10.1 Å². The molecule has 0 aliphatic heterocycles. The second kappa shape index (κ2) is 8.70. The van der Waals surface area contributed by atoms with Gasteiger partial charge in [-0.05, 0) is 24.3 Å². The van der Waals surface area contributed by atoms with Crippen molar-refractivity contribution in [2.24, 2.45) is 0 Å². The highest BCUT2D eigenvalue weighted by Crippen LogP contribution is 2.27. The monoisotopic (exact) mass is 390 g/mol. The van der Waals surface area contributed by atoms with E-state index in [0.29, 0.717) is 17.2 Å². The number of methoxy groups -OCH3 is 1. The van der Waals surface area contributed by atoms with Gasteiger partial charge < -0.3 is 14.8 Å². The summed E-state index contributed by atoms with van der Waals surface area (Å²) in [4.78, 5) is 16.5. The van der Waals surface area contributed by atoms with Gasteiger partial charge in [0.25, 0.3) is 5.91 Å². The lowest BCUT2D eigenvalue weighted by Gasteiger charge is -2.09. The highest BCUT2D eigenvalue weighted by Gasteiger charge is 2.15. The van der Waals surface area contributed by atoms with Gasteiger partial charge in [-0.1, -0.05) is 12.1 Å². The molecule has 0 spiro atoms. The number of benzene rings is 2. The number of anilines is 1. The summed E-state index contributed by atoms with van der Waals surface area (Å²) in [5.74, 6) is -1.46. The lowest BCUT2D eigenvalue weighted by Crippen LogP contribution is -2.12. The number of carbonyl (C=O) groups excluding carboxylic acids is 1. The summed E-state index contributed by atoms with van der Waals surface area (Å²) in [6, 6.07) is 10.3. The van der Waals surface area contributed by atoms with Gasteiger partial charge in [-0.15, -0.1) is 11.3 Å². The van der Waals surface area contributed by atoms with Gasteiger partial charge in [-0.25, -0.2) is 13.8 Å². The Morgan fingerprint density at radius 2 is 1.96 bits per heavy atom. The van der Waals surface area contributed by atoms with E-state index in [2.05, 4.69) is 10.3 Å². The minimum atomic E-state index is -0.603. The third kappa shape index (κ3) is 4.66. The molecule has 0 radical (unpaired) electrons. The van der Waals surface area contributed by atoms with Crippen LogP contribution in [0, 0.1) is 11.6 Å². The van der Waals surface area contributed by atoms with Crippen LogP contribution in [0.25, 0.3) is 10.6 Å². The topological polar surface area (TPSA) is 60.5 Å². The Morgan fingerprint density at radius 1 is 1.15 bits per heavy atom. The Bertz CT molecular complexity index is 946. The number of nitrogens with one attached hydrogen (secondary N) is 1. The van der Waals surface area contributed by atoms with Gasteiger partial charge in [-0.3, -0.25) is 4.79 Å². The van der Waals surface area contributed by atoms with Crippen molar-refractivity contribution < 1.29 is 23.0 Å². The van der Waals surface area contributed by atoms with Crippen LogP contribution in [0.3, 0.4) is 0 Å². The number of rotatable bonds is 7. The molecule has 1 N–H and O–H groups in total. The Morgan fingerprint density at radius 3 is 2.70 bits per heavy atom.